The van der Waals surface area contributed by atoms with E-state index in [1.165, 1.54) is 33.7 Å². The SMILES string of the molecule is CCC.Cc1ccc2c3ccccc3c3nccn3c2c1. The zero-order valence-corrected chi connectivity index (χ0v) is 12.8. The topological polar surface area (TPSA) is 17.3 Å². The summed E-state index contributed by atoms with van der Waals surface area (Å²) in [5.74, 6) is 0. The molecule has 0 N–H and O–H groups in total. The van der Waals surface area contributed by atoms with Crippen LogP contribution in [0.3, 0.4) is 0 Å². The van der Waals surface area contributed by atoms with Crippen LogP contribution in [0.4, 0.5) is 0 Å². The summed E-state index contributed by atoms with van der Waals surface area (Å²) < 4.78 is 2.17. The second-order valence-corrected chi connectivity index (χ2v) is 5.39. The van der Waals surface area contributed by atoms with Crippen molar-refractivity contribution in [3.05, 3.63) is 60.4 Å². The van der Waals surface area contributed by atoms with Gasteiger partial charge in [0.2, 0.25) is 0 Å². The molecule has 0 amide bonds. The van der Waals surface area contributed by atoms with Gasteiger partial charge >= 0.3 is 0 Å². The molecule has 0 unspecified atom stereocenters. The van der Waals surface area contributed by atoms with Crippen LogP contribution in [-0.2, 0) is 0 Å². The largest absolute Gasteiger partial charge is 0.299 e. The lowest BCUT2D eigenvalue weighted by Crippen LogP contribution is -1.90. The number of benzene rings is 2. The molecule has 2 aromatic carbocycles. The monoisotopic (exact) mass is 276 g/mol. The fourth-order valence-electron chi connectivity index (χ4n) is 2.68. The van der Waals surface area contributed by atoms with Crippen molar-refractivity contribution in [2.24, 2.45) is 0 Å². The van der Waals surface area contributed by atoms with Crippen LogP contribution in [0.1, 0.15) is 25.8 Å². The number of hydrogen-bond acceptors (Lipinski definition) is 1. The minimum absolute atomic E-state index is 1.03. The van der Waals surface area contributed by atoms with Crippen molar-refractivity contribution in [2.45, 2.75) is 27.2 Å². The van der Waals surface area contributed by atoms with Crippen molar-refractivity contribution in [3.8, 4) is 0 Å². The molecule has 2 heteroatoms. The number of fused-ring (bicyclic) bond motifs is 6. The van der Waals surface area contributed by atoms with Crippen molar-refractivity contribution in [2.75, 3.05) is 0 Å². The summed E-state index contributed by atoms with van der Waals surface area (Å²) in [5.41, 5.74) is 3.53. The molecule has 2 nitrogen and oxygen atoms in total. The first-order chi connectivity index (χ1) is 10.3. The third-order valence-electron chi connectivity index (χ3n) is 3.51. The molecule has 0 aliphatic heterocycles. The summed E-state index contributed by atoms with van der Waals surface area (Å²) in [6.07, 6.45) is 5.15. The van der Waals surface area contributed by atoms with E-state index in [9.17, 15) is 0 Å². The third-order valence-corrected chi connectivity index (χ3v) is 3.51. The van der Waals surface area contributed by atoms with Crippen LogP contribution >= 0.6 is 0 Å². The summed E-state index contributed by atoms with van der Waals surface area (Å²) in [6.45, 7) is 6.37. The summed E-state index contributed by atoms with van der Waals surface area (Å²) in [7, 11) is 0. The van der Waals surface area contributed by atoms with Crippen LogP contribution in [0.15, 0.2) is 54.9 Å². The number of hydrogen-bond donors (Lipinski definition) is 0. The van der Waals surface area contributed by atoms with E-state index in [2.05, 4.69) is 72.6 Å². The molecule has 106 valence electrons. The number of imidazole rings is 1. The Hall–Kier alpha value is -2.35. The fraction of sp³-hybridized carbons (Fsp3) is 0.211. The number of rotatable bonds is 0. The van der Waals surface area contributed by atoms with Crippen molar-refractivity contribution >= 4 is 27.3 Å². The van der Waals surface area contributed by atoms with Crippen LogP contribution in [0.25, 0.3) is 27.3 Å². The fourth-order valence-corrected chi connectivity index (χ4v) is 2.68. The number of pyridine rings is 1. The lowest BCUT2D eigenvalue weighted by atomic mass is 10.0. The number of aryl methyl sites for hydroxylation is 1. The Morgan fingerprint density at radius 2 is 1.67 bits per heavy atom. The van der Waals surface area contributed by atoms with E-state index in [0.29, 0.717) is 0 Å². The first-order valence-corrected chi connectivity index (χ1v) is 7.50. The van der Waals surface area contributed by atoms with Crippen molar-refractivity contribution in [1.29, 1.82) is 0 Å². The Kier molecular flexibility index (Phi) is 3.61. The second kappa shape index (κ2) is 5.57. The van der Waals surface area contributed by atoms with Gasteiger partial charge in [-0.05, 0) is 23.9 Å². The maximum absolute atomic E-state index is 4.49. The van der Waals surface area contributed by atoms with Crippen LogP contribution in [-0.4, -0.2) is 9.38 Å². The van der Waals surface area contributed by atoms with Gasteiger partial charge in [0.1, 0.15) is 5.65 Å². The molecular weight excluding hydrogens is 256 g/mol. The highest BCUT2D eigenvalue weighted by molar-refractivity contribution is 6.11. The van der Waals surface area contributed by atoms with E-state index in [1.807, 2.05) is 12.4 Å². The van der Waals surface area contributed by atoms with Crippen LogP contribution < -0.4 is 0 Å². The van der Waals surface area contributed by atoms with Crippen LogP contribution in [0, 0.1) is 6.92 Å². The molecule has 0 atom stereocenters. The first-order valence-electron chi connectivity index (χ1n) is 7.50. The highest BCUT2D eigenvalue weighted by atomic mass is 15.0. The van der Waals surface area contributed by atoms with E-state index in [-0.39, 0.29) is 0 Å². The van der Waals surface area contributed by atoms with E-state index >= 15 is 0 Å². The lowest BCUT2D eigenvalue weighted by molar-refractivity contribution is 1.09. The molecule has 2 aromatic heterocycles. The van der Waals surface area contributed by atoms with Crippen molar-refractivity contribution in [3.63, 3.8) is 0 Å². The zero-order valence-electron chi connectivity index (χ0n) is 12.8. The Labute approximate surface area is 125 Å². The van der Waals surface area contributed by atoms with Crippen molar-refractivity contribution < 1.29 is 0 Å². The standard InChI is InChI=1S/C16H12N2.C3H8/c1-11-6-7-13-12-4-2-3-5-14(12)16-17-8-9-18(16)15(13)10-11;1-3-2/h2-10H,1H3;3H2,1-2H3. The van der Waals surface area contributed by atoms with Crippen LogP contribution in [0.5, 0.6) is 0 Å². The summed E-state index contributed by atoms with van der Waals surface area (Å²) in [5, 5.41) is 3.76. The van der Waals surface area contributed by atoms with Gasteiger partial charge in [-0.25, -0.2) is 4.98 Å². The highest BCUT2D eigenvalue weighted by Crippen LogP contribution is 2.28. The molecule has 0 spiro atoms. The normalized spacial score (nSPS) is 10.8. The number of nitrogens with zero attached hydrogens (tertiary/aromatic N) is 2. The van der Waals surface area contributed by atoms with Gasteiger partial charge in [-0.1, -0.05) is 56.7 Å². The van der Waals surface area contributed by atoms with Crippen molar-refractivity contribution in [1.82, 2.24) is 9.38 Å². The maximum Gasteiger partial charge on any atom is 0.145 e. The molecule has 0 fully saturated rings. The quantitative estimate of drug-likeness (QED) is 0.395. The first kappa shape index (κ1) is 13.6. The van der Waals surface area contributed by atoms with E-state index < -0.39 is 0 Å². The summed E-state index contributed by atoms with van der Waals surface area (Å²) >= 11 is 0. The Morgan fingerprint density at radius 3 is 2.43 bits per heavy atom. The Balaban J connectivity index is 0.000000409. The van der Waals surface area contributed by atoms with Gasteiger partial charge in [0, 0.05) is 23.2 Å². The molecule has 4 rings (SSSR count). The third kappa shape index (κ3) is 2.27. The smallest absolute Gasteiger partial charge is 0.145 e. The predicted octanol–water partition coefficient (Wildman–Crippen LogP) is 5.37. The molecule has 2 heterocycles. The van der Waals surface area contributed by atoms with E-state index in [4.69, 9.17) is 0 Å². The van der Waals surface area contributed by atoms with Gasteiger partial charge in [0.25, 0.3) is 0 Å². The van der Waals surface area contributed by atoms with E-state index in [0.717, 1.165) is 5.65 Å². The highest BCUT2D eigenvalue weighted by Gasteiger charge is 2.08. The van der Waals surface area contributed by atoms with Gasteiger partial charge in [0.15, 0.2) is 0 Å². The lowest BCUT2D eigenvalue weighted by Gasteiger charge is -2.08. The molecule has 0 bridgehead atoms. The predicted molar refractivity (Wildman–Crippen MR) is 90.9 cm³/mol. The molecular formula is C19H20N2. The number of aromatic nitrogens is 2. The molecule has 0 aliphatic carbocycles. The zero-order chi connectivity index (χ0) is 14.8. The van der Waals surface area contributed by atoms with Gasteiger partial charge < -0.3 is 0 Å². The Bertz CT molecular complexity index is 903. The average molecular weight is 276 g/mol. The molecule has 0 aliphatic rings. The minimum atomic E-state index is 1.03. The molecule has 0 saturated heterocycles. The molecule has 0 saturated carbocycles. The molecule has 0 radical (unpaired) electrons. The summed E-state index contributed by atoms with van der Waals surface area (Å²) in [4.78, 5) is 4.49. The maximum atomic E-state index is 4.49. The average Bonchev–Trinajstić information content (AvgIpc) is 2.98. The van der Waals surface area contributed by atoms with Gasteiger partial charge in [0.05, 0.1) is 5.52 Å². The van der Waals surface area contributed by atoms with Gasteiger partial charge in [-0.3, -0.25) is 4.40 Å². The van der Waals surface area contributed by atoms with Gasteiger partial charge in [-0.15, -0.1) is 0 Å². The second-order valence-electron chi connectivity index (χ2n) is 5.39. The minimum Gasteiger partial charge on any atom is -0.299 e. The Morgan fingerprint density at radius 1 is 0.952 bits per heavy atom. The van der Waals surface area contributed by atoms with Gasteiger partial charge in [-0.2, -0.15) is 0 Å². The van der Waals surface area contributed by atoms with E-state index in [1.54, 1.807) is 0 Å². The van der Waals surface area contributed by atoms with Crippen LogP contribution in [0.2, 0.25) is 0 Å². The molecule has 21 heavy (non-hydrogen) atoms. The molecule has 4 aromatic rings. The summed E-state index contributed by atoms with van der Waals surface area (Å²) in [6, 6.07) is 15.0.